The fourth-order valence-electron chi connectivity index (χ4n) is 2.32. The zero-order valence-corrected chi connectivity index (χ0v) is 16.3. The van der Waals surface area contributed by atoms with E-state index in [2.05, 4.69) is 69.8 Å². The summed E-state index contributed by atoms with van der Waals surface area (Å²) in [4.78, 5) is 11.6. The number of halogens is 1. The third-order valence-corrected chi connectivity index (χ3v) is 9.62. The Morgan fingerprint density at radius 3 is 2.36 bits per heavy atom. The topological polar surface area (TPSA) is 83.8 Å². The molecule has 0 bridgehead atoms. The average molecular weight is 384 g/mol. The average Bonchev–Trinajstić information content (AvgIpc) is 2.35. The van der Waals surface area contributed by atoms with E-state index in [0.717, 1.165) is 4.47 Å². The van der Waals surface area contributed by atoms with Crippen molar-refractivity contribution in [2.45, 2.75) is 63.4 Å². The summed E-state index contributed by atoms with van der Waals surface area (Å²) in [6, 6.07) is 0. The SMILES string of the molecule is CC(C)(C)[Si](C)(C)OC1CC(N=[N+]=[N-])(c2ncc(Br)cn2)C1. The van der Waals surface area contributed by atoms with Gasteiger partial charge in [0.2, 0.25) is 0 Å². The normalized spacial score (nSPS) is 25.3. The second-order valence-corrected chi connectivity index (χ2v) is 13.0. The Morgan fingerprint density at radius 2 is 1.91 bits per heavy atom. The summed E-state index contributed by atoms with van der Waals surface area (Å²) < 4.78 is 7.18. The highest BCUT2D eigenvalue weighted by molar-refractivity contribution is 9.10. The number of azide groups is 1. The molecular formula is C14H22BrN5OSi. The molecule has 1 fully saturated rings. The van der Waals surface area contributed by atoms with Gasteiger partial charge < -0.3 is 4.43 Å². The van der Waals surface area contributed by atoms with Crippen LogP contribution in [0, 0.1) is 0 Å². The Bertz CT molecular complexity index is 586. The molecule has 0 radical (unpaired) electrons. The maximum Gasteiger partial charge on any atom is 0.192 e. The van der Waals surface area contributed by atoms with Crippen LogP contribution in [0.2, 0.25) is 18.1 Å². The van der Waals surface area contributed by atoms with Crippen LogP contribution in [0.25, 0.3) is 10.4 Å². The molecule has 120 valence electrons. The van der Waals surface area contributed by atoms with Crippen LogP contribution < -0.4 is 0 Å². The van der Waals surface area contributed by atoms with Gasteiger partial charge in [0, 0.05) is 23.4 Å². The van der Waals surface area contributed by atoms with Crippen molar-refractivity contribution >= 4 is 24.2 Å². The van der Waals surface area contributed by atoms with Crippen molar-refractivity contribution < 1.29 is 4.43 Å². The first-order valence-electron chi connectivity index (χ1n) is 7.32. The van der Waals surface area contributed by atoms with Gasteiger partial charge in [0.25, 0.3) is 0 Å². The first-order chi connectivity index (χ1) is 10.1. The Morgan fingerprint density at radius 1 is 1.36 bits per heavy atom. The van der Waals surface area contributed by atoms with Crippen molar-refractivity contribution in [2.75, 3.05) is 0 Å². The highest BCUT2D eigenvalue weighted by Gasteiger charge is 2.51. The summed E-state index contributed by atoms with van der Waals surface area (Å²) in [5.74, 6) is 0.573. The lowest BCUT2D eigenvalue weighted by molar-refractivity contribution is 0.0260. The van der Waals surface area contributed by atoms with Crippen LogP contribution >= 0.6 is 15.9 Å². The minimum absolute atomic E-state index is 0.110. The van der Waals surface area contributed by atoms with E-state index in [4.69, 9.17) is 9.96 Å². The monoisotopic (exact) mass is 383 g/mol. The lowest BCUT2D eigenvalue weighted by Crippen LogP contribution is -2.52. The van der Waals surface area contributed by atoms with Gasteiger partial charge in [-0.05, 0) is 52.4 Å². The van der Waals surface area contributed by atoms with Crippen molar-refractivity contribution in [3.8, 4) is 0 Å². The molecule has 1 aliphatic rings. The molecule has 22 heavy (non-hydrogen) atoms. The fourth-order valence-corrected chi connectivity index (χ4v) is 3.88. The van der Waals surface area contributed by atoms with Crippen LogP contribution in [0.3, 0.4) is 0 Å². The zero-order chi connectivity index (χ0) is 16.6. The van der Waals surface area contributed by atoms with Crippen molar-refractivity contribution in [1.82, 2.24) is 9.97 Å². The van der Waals surface area contributed by atoms with E-state index in [1.165, 1.54) is 0 Å². The number of rotatable bonds is 4. The summed E-state index contributed by atoms with van der Waals surface area (Å²) in [6.07, 6.45) is 4.76. The molecule has 0 spiro atoms. The van der Waals surface area contributed by atoms with E-state index in [0.29, 0.717) is 18.7 Å². The Balaban J connectivity index is 2.13. The standard InChI is InChI=1S/C14H22BrN5OSi/c1-13(2,3)22(4,5)21-11-6-14(7-11,19-20-16)12-17-8-10(15)9-18-12/h8-9,11H,6-7H2,1-5H3. The summed E-state index contributed by atoms with van der Waals surface area (Å²) in [7, 11) is -1.82. The summed E-state index contributed by atoms with van der Waals surface area (Å²) >= 11 is 3.32. The van der Waals surface area contributed by atoms with Gasteiger partial charge in [-0.3, -0.25) is 0 Å². The predicted molar refractivity (Wildman–Crippen MR) is 91.9 cm³/mol. The van der Waals surface area contributed by atoms with Crippen molar-refractivity contribution in [2.24, 2.45) is 5.11 Å². The summed E-state index contributed by atoms with van der Waals surface area (Å²) in [5, 5.41) is 4.14. The van der Waals surface area contributed by atoms with Gasteiger partial charge in [0.15, 0.2) is 8.32 Å². The zero-order valence-electron chi connectivity index (χ0n) is 13.7. The highest BCUT2D eigenvalue weighted by Crippen LogP contribution is 2.48. The van der Waals surface area contributed by atoms with Crippen molar-refractivity contribution in [1.29, 1.82) is 0 Å². The predicted octanol–water partition coefficient (Wildman–Crippen LogP) is 4.93. The lowest BCUT2D eigenvalue weighted by atomic mass is 9.74. The highest BCUT2D eigenvalue weighted by atomic mass is 79.9. The minimum Gasteiger partial charge on any atom is -0.414 e. The molecule has 0 unspecified atom stereocenters. The molecule has 1 aromatic rings. The molecule has 1 aromatic heterocycles. The lowest BCUT2D eigenvalue weighted by Gasteiger charge is -2.48. The van der Waals surface area contributed by atoms with E-state index >= 15 is 0 Å². The van der Waals surface area contributed by atoms with Gasteiger partial charge in [0.05, 0.1) is 4.47 Å². The van der Waals surface area contributed by atoms with Crippen molar-refractivity contribution in [3.05, 3.63) is 33.1 Å². The first-order valence-corrected chi connectivity index (χ1v) is 11.0. The van der Waals surface area contributed by atoms with Crippen molar-refractivity contribution in [3.63, 3.8) is 0 Å². The van der Waals surface area contributed by atoms with E-state index in [-0.39, 0.29) is 11.1 Å². The molecule has 1 saturated carbocycles. The van der Waals surface area contributed by atoms with Crippen LogP contribution in [0.1, 0.15) is 39.4 Å². The van der Waals surface area contributed by atoms with E-state index < -0.39 is 13.9 Å². The molecule has 1 aliphatic carbocycles. The second kappa shape index (κ2) is 5.92. The van der Waals surface area contributed by atoms with Crippen LogP contribution in [0.15, 0.2) is 22.0 Å². The second-order valence-electron chi connectivity index (χ2n) is 7.35. The molecule has 0 atom stereocenters. The number of nitrogens with zero attached hydrogens (tertiary/aromatic N) is 5. The molecular weight excluding hydrogens is 362 g/mol. The van der Waals surface area contributed by atoms with Gasteiger partial charge >= 0.3 is 0 Å². The summed E-state index contributed by atoms with van der Waals surface area (Å²) in [6.45, 7) is 11.1. The van der Waals surface area contributed by atoms with Crippen LogP contribution in [0.5, 0.6) is 0 Å². The molecule has 0 amide bonds. The van der Waals surface area contributed by atoms with E-state index in [1.807, 2.05) is 0 Å². The fraction of sp³-hybridized carbons (Fsp3) is 0.714. The third-order valence-electron chi connectivity index (χ3n) is 4.67. The molecule has 2 rings (SSSR count). The quantitative estimate of drug-likeness (QED) is 0.319. The van der Waals surface area contributed by atoms with Gasteiger partial charge in [-0.15, -0.1) is 0 Å². The molecule has 6 nitrogen and oxygen atoms in total. The van der Waals surface area contributed by atoms with Crippen LogP contribution in [0.4, 0.5) is 0 Å². The van der Waals surface area contributed by atoms with Gasteiger partial charge in [0.1, 0.15) is 11.4 Å². The minimum atomic E-state index is -1.82. The Labute approximate surface area is 140 Å². The number of aromatic nitrogens is 2. The molecule has 0 saturated heterocycles. The summed E-state index contributed by atoms with van der Waals surface area (Å²) in [5.41, 5.74) is 8.23. The number of hydrogen-bond donors (Lipinski definition) is 0. The first kappa shape index (κ1) is 17.4. The molecule has 0 aliphatic heterocycles. The van der Waals surface area contributed by atoms with Gasteiger partial charge in [-0.25, -0.2) is 9.97 Å². The van der Waals surface area contributed by atoms with Crippen LogP contribution in [-0.2, 0) is 9.96 Å². The number of hydrogen-bond acceptors (Lipinski definition) is 4. The van der Waals surface area contributed by atoms with E-state index in [1.54, 1.807) is 12.4 Å². The van der Waals surface area contributed by atoms with Crippen LogP contribution in [-0.4, -0.2) is 24.4 Å². The molecule has 8 heteroatoms. The molecule has 1 heterocycles. The Kier molecular flexibility index (Phi) is 4.68. The Hall–Kier alpha value is -0.953. The third kappa shape index (κ3) is 3.35. The molecule has 0 aromatic carbocycles. The maximum absolute atomic E-state index is 8.89. The maximum atomic E-state index is 8.89. The molecule has 0 N–H and O–H groups in total. The largest absolute Gasteiger partial charge is 0.414 e. The van der Waals surface area contributed by atoms with Gasteiger partial charge in [-0.1, -0.05) is 25.9 Å². The van der Waals surface area contributed by atoms with E-state index in [9.17, 15) is 0 Å². The smallest absolute Gasteiger partial charge is 0.192 e. The van der Waals surface area contributed by atoms with Gasteiger partial charge in [-0.2, -0.15) is 0 Å².